The van der Waals surface area contributed by atoms with Gasteiger partial charge in [-0.15, -0.1) is 0 Å². The van der Waals surface area contributed by atoms with Crippen molar-refractivity contribution in [2.45, 2.75) is 44.2 Å². The first-order valence-corrected chi connectivity index (χ1v) is 8.36. The number of benzene rings is 1. The first kappa shape index (κ1) is 17.2. The fourth-order valence-electron chi connectivity index (χ4n) is 3.08. The van der Waals surface area contributed by atoms with Gasteiger partial charge in [0.15, 0.2) is 5.11 Å². The number of thiocarbonyl (C=S) groups is 1. The Balaban J connectivity index is 1.80. The SMILES string of the molecule is CN(C)C1(CNC(=S)NCc2ccc(F)cc2)CCCCC1. The smallest absolute Gasteiger partial charge is 0.166 e. The predicted octanol–water partition coefficient (Wildman–Crippen LogP) is 3.05. The highest BCUT2D eigenvalue weighted by Crippen LogP contribution is 2.31. The van der Waals surface area contributed by atoms with Crippen LogP contribution in [-0.2, 0) is 6.54 Å². The lowest BCUT2D eigenvalue weighted by Crippen LogP contribution is -2.55. The first-order valence-electron chi connectivity index (χ1n) is 7.95. The molecule has 0 aliphatic heterocycles. The Morgan fingerprint density at radius 1 is 1.14 bits per heavy atom. The second kappa shape index (κ2) is 7.88. The summed E-state index contributed by atoms with van der Waals surface area (Å²) in [7, 11) is 4.31. The molecule has 0 radical (unpaired) electrons. The summed E-state index contributed by atoms with van der Waals surface area (Å²) in [5, 5.41) is 7.22. The highest BCUT2D eigenvalue weighted by molar-refractivity contribution is 7.80. The van der Waals surface area contributed by atoms with E-state index in [4.69, 9.17) is 12.2 Å². The van der Waals surface area contributed by atoms with Gasteiger partial charge in [0.1, 0.15) is 5.82 Å². The molecule has 1 aliphatic rings. The summed E-state index contributed by atoms with van der Waals surface area (Å²) in [4.78, 5) is 2.34. The van der Waals surface area contributed by atoms with Crippen LogP contribution in [0.4, 0.5) is 4.39 Å². The van der Waals surface area contributed by atoms with Crippen molar-refractivity contribution in [2.75, 3.05) is 20.6 Å². The van der Waals surface area contributed by atoms with E-state index in [-0.39, 0.29) is 11.4 Å². The van der Waals surface area contributed by atoms with Gasteiger partial charge in [0.25, 0.3) is 0 Å². The number of nitrogens with zero attached hydrogens (tertiary/aromatic N) is 1. The Morgan fingerprint density at radius 3 is 2.36 bits per heavy atom. The lowest BCUT2D eigenvalue weighted by atomic mass is 9.80. The predicted molar refractivity (Wildman–Crippen MR) is 93.3 cm³/mol. The standard InChI is InChI=1S/C17H26FN3S/c1-21(2)17(10-4-3-5-11-17)13-20-16(22)19-12-14-6-8-15(18)9-7-14/h6-9H,3-5,10-13H2,1-2H3,(H2,19,20,22). The molecule has 1 aliphatic carbocycles. The third kappa shape index (κ3) is 4.65. The van der Waals surface area contributed by atoms with E-state index in [9.17, 15) is 4.39 Å². The molecule has 2 rings (SSSR count). The third-order valence-electron chi connectivity index (χ3n) is 4.68. The fourth-order valence-corrected chi connectivity index (χ4v) is 3.23. The minimum atomic E-state index is -0.213. The molecule has 1 aromatic rings. The van der Waals surface area contributed by atoms with Gasteiger partial charge in [-0.1, -0.05) is 31.4 Å². The maximum atomic E-state index is 12.9. The Hall–Kier alpha value is -1.20. The van der Waals surface area contributed by atoms with Gasteiger partial charge in [-0.2, -0.15) is 0 Å². The van der Waals surface area contributed by atoms with Crippen LogP contribution < -0.4 is 10.6 Å². The van der Waals surface area contributed by atoms with Crippen LogP contribution in [0.5, 0.6) is 0 Å². The zero-order valence-electron chi connectivity index (χ0n) is 13.5. The second-order valence-corrected chi connectivity index (χ2v) is 6.75. The number of likely N-dealkylation sites (N-methyl/N-ethyl adjacent to an activating group) is 1. The van der Waals surface area contributed by atoms with E-state index in [1.807, 2.05) is 0 Å². The summed E-state index contributed by atoms with van der Waals surface area (Å²) >= 11 is 5.37. The largest absolute Gasteiger partial charge is 0.361 e. The van der Waals surface area contributed by atoms with Crippen LogP contribution in [0.15, 0.2) is 24.3 Å². The molecule has 1 saturated carbocycles. The Bertz CT molecular complexity index is 481. The Morgan fingerprint density at radius 2 is 1.77 bits per heavy atom. The molecule has 0 aromatic heterocycles. The summed E-state index contributed by atoms with van der Waals surface area (Å²) in [5.41, 5.74) is 1.23. The highest BCUT2D eigenvalue weighted by atomic mass is 32.1. The van der Waals surface area contributed by atoms with Crippen LogP contribution in [0.3, 0.4) is 0 Å². The minimum Gasteiger partial charge on any atom is -0.361 e. The van der Waals surface area contributed by atoms with E-state index in [0.717, 1.165) is 12.1 Å². The average Bonchev–Trinajstić information content (AvgIpc) is 2.53. The zero-order chi connectivity index (χ0) is 16.0. The van der Waals surface area contributed by atoms with Crippen LogP contribution in [0.2, 0.25) is 0 Å². The Kier molecular flexibility index (Phi) is 6.15. The van der Waals surface area contributed by atoms with Gasteiger partial charge in [-0.3, -0.25) is 0 Å². The normalized spacial score (nSPS) is 17.3. The van der Waals surface area contributed by atoms with Crippen LogP contribution >= 0.6 is 12.2 Å². The van der Waals surface area contributed by atoms with Crippen molar-refractivity contribution in [3.63, 3.8) is 0 Å². The summed E-state index contributed by atoms with van der Waals surface area (Å²) in [5.74, 6) is -0.213. The van der Waals surface area contributed by atoms with Crippen molar-refractivity contribution in [1.82, 2.24) is 15.5 Å². The molecule has 1 fully saturated rings. The number of halogens is 1. The van der Waals surface area contributed by atoms with Gasteiger partial charge in [0.05, 0.1) is 0 Å². The van der Waals surface area contributed by atoms with Crippen molar-refractivity contribution >= 4 is 17.3 Å². The van der Waals surface area contributed by atoms with E-state index < -0.39 is 0 Å². The first-order chi connectivity index (χ1) is 10.5. The van der Waals surface area contributed by atoms with Gasteiger partial charge >= 0.3 is 0 Å². The number of hydrogen-bond acceptors (Lipinski definition) is 2. The van der Waals surface area contributed by atoms with Crippen molar-refractivity contribution in [3.05, 3.63) is 35.6 Å². The zero-order valence-corrected chi connectivity index (χ0v) is 14.3. The van der Waals surface area contributed by atoms with Gasteiger partial charge in [0.2, 0.25) is 0 Å². The molecule has 0 bridgehead atoms. The summed E-state index contributed by atoms with van der Waals surface area (Å²) in [6.07, 6.45) is 6.34. The summed E-state index contributed by atoms with van der Waals surface area (Å²) in [6.45, 7) is 1.48. The number of nitrogens with one attached hydrogen (secondary N) is 2. The summed E-state index contributed by atoms with van der Waals surface area (Å²) < 4.78 is 12.9. The molecule has 0 unspecified atom stereocenters. The molecule has 122 valence electrons. The lowest BCUT2D eigenvalue weighted by Gasteiger charge is -2.43. The van der Waals surface area contributed by atoms with E-state index in [2.05, 4.69) is 29.6 Å². The monoisotopic (exact) mass is 323 g/mol. The minimum absolute atomic E-state index is 0.208. The van der Waals surface area contributed by atoms with Crippen molar-refractivity contribution in [3.8, 4) is 0 Å². The van der Waals surface area contributed by atoms with Gasteiger partial charge < -0.3 is 15.5 Å². The molecule has 5 heteroatoms. The van der Waals surface area contributed by atoms with E-state index in [1.54, 1.807) is 12.1 Å². The topological polar surface area (TPSA) is 27.3 Å². The molecule has 22 heavy (non-hydrogen) atoms. The third-order valence-corrected chi connectivity index (χ3v) is 4.97. The summed E-state index contributed by atoms with van der Waals surface area (Å²) in [6, 6.07) is 6.48. The maximum absolute atomic E-state index is 12.9. The molecule has 0 heterocycles. The van der Waals surface area contributed by atoms with E-state index >= 15 is 0 Å². The molecule has 0 saturated heterocycles. The highest BCUT2D eigenvalue weighted by Gasteiger charge is 2.33. The Labute approximate surface area is 138 Å². The van der Waals surface area contributed by atoms with Crippen molar-refractivity contribution < 1.29 is 4.39 Å². The fraction of sp³-hybridized carbons (Fsp3) is 0.588. The van der Waals surface area contributed by atoms with Crippen LogP contribution in [-0.4, -0.2) is 36.2 Å². The molecule has 0 atom stereocenters. The average molecular weight is 323 g/mol. The second-order valence-electron chi connectivity index (χ2n) is 6.34. The molecular weight excluding hydrogens is 297 g/mol. The molecule has 0 amide bonds. The van der Waals surface area contributed by atoms with Gasteiger partial charge in [-0.25, -0.2) is 4.39 Å². The van der Waals surface area contributed by atoms with E-state index in [0.29, 0.717) is 11.7 Å². The molecular formula is C17H26FN3S. The maximum Gasteiger partial charge on any atom is 0.166 e. The lowest BCUT2D eigenvalue weighted by molar-refractivity contribution is 0.104. The van der Waals surface area contributed by atoms with Crippen LogP contribution in [0.1, 0.15) is 37.7 Å². The molecule has 1 aromatic carbocycles. The number of rotatable bonds is 5. The van der Waals surface area contributed by atoms with Crippen molar-refractivity contribution in [2.24, 2.45) is 0 Å². The van der Waals surface area contributed by atoms with Crippen LogP contribution in [0, 0.1) is 5.82 Å². The number of hydrogen-bond donors (Lipinski definition) is 2. The molecule has 3 nitrogen and oxygen atoms in total. The van der Waals surface area contributed by atoms with Crippen molar-refractivity contribution in [1.29, 1.82) is 0 Å². The van der Waals surface area contributed by atoms with Crippen LogP contribution in [0.25, 0.3) is 0 Å². The van der Waals surface area contributed by atoms with Gasteiger partial charge in [0, 0.05) is 18.6 Å². The quantitative estimate of drug-likeness (QED) is 0.815. The molecule has 0 spiro atoms. The molecule has 2 N–H and O–H groups in total. The van der Waals surface area contributed by atoms with Gasteiger partial charge in [-0.05, 0) is 56.9 Å². The van der Waals surface area contributed by atoms with E-state index in [1.165, 1.54) is 44.2 Å².